The highest BCUT2D eigenvalue weighted by Gasteiger charge is 2.14. The zero-order valence-corrected chi connectivity index (χ0v) is 14.7. The van der Waals surface area contributed by atoms with E-state index in [4.69, 9.17) is 0 Å². The van der Waals surface area contributed by atoms with Gasteiger partial charge in [-0.1, -0.05) is 96.2 Å². The zero-order valence-electron chi connectivity index (χ0n) is 13.7. The van der Waals surface area contributed by atoms with Crippen molar-refractivity contribution < 1.29 is 0 Å². The highest BCUT2D eigenvalue weighted by atomic mass is 28.1. The van der Waals surface area contributed by atoms with Crippen LogP contribution in [0.1, 0.15) is 0 Å². The van der Waals surface area contributed by atoms with Crippen LogP contribution in [0.4, 0.5) is 0 Å². The maximum Gasteiger partial charge on any atom is 0.0729 e. The van der Waals surface area contributed by atoms with Crippen molar-refractivity contribution in [1.29, 1.82) is 0 Å². The molecule has 0 amide bonds. The fourth-order valence-electron chi connectivity index (χ4n) is 3.86. The minimum absolute atomic E-state index is 1.16. The van der Waals surface area contributed by atoms with E-state index in [0.29, 0.717) is 0 Å². The van der Waals surface area contributed by atoms with Crippen LogP contribution in [-0.2, 0) is 0 Å². The molecule has 0 spiro atoms. The highest BCUT2D eigenvalue weighted by molar-refractivity contribution is 6.47. The van der Waals surface area contributed by atoms with Crippen molar-refractivity contribution in [1.82, 2.24) is 0 Å². The summed E-state index contributed by atoms with van der Waals surface area (Å²) in [6, 6.07) is 32.5. The molecule has 115 valence electrons. The van der Waals surface area contributed by atoms with Gasteiger partial charge < -0.3 is 0 Å². The summed E-state index contributed by atoms with van der Waals surface area (Å²) in [5, 5.41) is 8.79. The molecule has 0 aliphatic rings. The largest absolute Gasteiger partial charge is 0.0729 e. The average molecular weight is 331 g/mol. The molecular weight excluding hydrogens is 316 g/mol. The molecule has 5 rings (SSSR count). The van der Waals surface area contributed by atoms with E-state index in [1.165, 1.54) is 43.4 Å². The molecular formula is C24H15Si. The van der Waals surface area contributed by atoms with Crippen LogP contribution >= 0.6 is 0 Å². The van der Waals surface area contributed by atoms with Gasteiger partial charge in [0.15, 0.2) is 0 Å². The van der Waals surface area contributed by atoms with Gasteiger partial charge in [-0.25, -0.2) is 0 Å². The Morgan fingerprint density at radius 3 is 1.56 bits per heavy atom. The molecule has 0 saturated heterocycles. The van der Waals surface area contributed by atoms with Crippen molar-refractivity contribution in [3.05, 3.63) is 91.0 Å². The lowest BCUT2D eigenvalue weighted by Crippen LogP contribution is -2.07. The zero-order chi connectivity index (χ0) is 16.8. The summed E-state index contributed by atoms with van der Waals surface area (Å²) in [7, 11) is 3.90. The van der Waals surface area contributed by atoms with E-state index in [9.17, 15) is 0 Å². The molecule has 5 aromatic rings. The van der Waals surface area contributed by atoms with Gasteiger partial charge in [0, 0.05) is 0 Å². The lowest BCUT2D eigenvalue weighted by molar-refractivity contribution is 1.71. The molecule has 0 nitrogen and oxygen atoms in total. The fourth-order valence-corrected chi connectivity index (χ4v) is 4.30. The van der Waals surface area contributed by atoms with Crippen LogP contribution in [-0.4, -0.2) is 10.2 Å². The first-order valence-corrected chi connectivity index (χ1v) is 8.98. The van der Waals surface area contributed by atoms with Gasteiger partial charge in [0.1, 0.15) is 0 Å². The van der Waals surface area contributed by atoms with E-state index in [2.05, 4.69) is 101 Å². The molecule has 0 aromatic heterocycles. The van der Waals surface area contributed by atoms with Crippen LogP contribution in [0.2, 0.25) is 0 Å². The molecule has 3 radical (unpaired) electrons. The Kier molecular flexibility index (Phi) is 3.22. The SMILES string of the molecule is [Si]c1c2ccccc2c(-c2cccc3ccccc23)c2ccccc12. The average Bonchev–Trinajstić information content (AvgIpc) is 2.68. The van der Waals surface area contributed by atoms with Crippen LogP contribution in [0, 0.1) is 0 Å². The van der Waals surface area contributed by atoms with Gasteiger partial charge in [0.2, 0.25) is 0 Å². The first kappa shape index (κ1) is 14.4. The number of hydrogen-bond acceptors (Lipinski definition) is 0. The molecule has 0 atom stereocenters. The second-order valence-corrected chi connectivity index (χ2v) is 6.87. The van der Waals surface area contributed by atoms with E-state index >= 15 is 0 Å². The van der Waals surface area contributed by atoms with Crippen molar-refractivity contribution in [2.75, 3.05) is 0 Å². The molecule has 25 heavy (non-hydrogen) atoms. The van der Waals surface area contributed by atoms with Crippen molar-refractivity contribution in [3.63, 3.8) is 0 Å². The van der Waals surface area contributed by atoms with Gasteiger partial charge in [0.05, 0.1) is 10.2 Å². The van der Waals surface area contributed by atoms with Crippen molar-refractivity contribution in [3.8, 4) is 11.1 Å². The maximum atomic E-state index is 3.90. The van der Waals surface area contributed by atoms with Crippen LogP contribution in [0.25, 0.3) is 43.4 Å². The Hall–Kier alpha value is -2.90. The standard InChI is InChI=1S/C24H15Si/c25-24-21-13-5-3-11-19(21)23(20-12-4-6-14-22(20)24)18-15-7-9-16-8-1-2-10-17(16)18/h1-15H. The lowest BCUT2D eigenvalue weighted by Gasteiger charge is -2.16. The Morgan fingerprint density at radius 1 is 0.440 bits per heavy atom. The number of fused-ring (bicyclic) bond motifs is 3. The van der Waals surface area contributed by atoms with Crippen LogP contribution in [0.15, 0.2) is 91.0 Å². The maximum absolute atomic E-state index is 3.90. The third-order valence-electron chi connectivity index (χ3n) is 4.99. The second kappa shape index (κ2) is 5.57. The molecule has 0 unspecified atom stereocenters. The molecule has 5 aromatic carbocycles. The molecule has 1 heteroatoms. The third kappa shape index (κ3) is 2.13. The van der Waals surface area contributed by atoms with Crippen molar-refractivity contribution in [2.24, 2.45) is 0 Å². The van der Waals surface area contributed by atoms with Crippen LogP contribution < -0.4 is 5.19 Å². The summed E-state index contributed by atoms with van der Waals surface area (Å²) >= 11 is 0. The molecule has 0 fully saturated rings. The summed E-state index contributed by atoms with van der Waals surface area (Å²) in [6.45, 7) is 0. The molecule has 0 N–H and O–H groups in total. The Balaban J connectivity index is 2.06. The van der Waals surface area contributed by atoms with E-state index in [1.807, 2.05) is 0 Å². The summed E-state index contributed by atoms with van der Waals surface area (Å²) < 4.78 is 0. The summed E-state index contributed by atoms with van der Waals surface area (Å²) in [5.41, 5.74) is 2.60. The predicted molar refractivity (Wildman–Crippen MR) is 110 cm³/mol. The van der Waals surface area contributed by atoms with Gasteiger partial charge in [-0.15, -0.1) is 0 Å². The Labute approximate surface area is 150 Å². The quantitative estimate of drug-likeness (QED) is 0.277. The van der Waals surface area contributed by atoms with Gasteiger partial charge >= 0.3 is 0 Å². The van der Waals surface area contributed by atoms with Crippen LogP contribution in [0.5, 0.6) is 0 Å². The van der Waals surface area contributed by atoms with Crippen molar-refractivity contribution in [2.45, 2.75) is 0 Å². The summed E-state index contributed by atoms with van der Waals surface area (Å²) in [4.78, 5) is 0. The summed E-state index contributed by atoms with van der Waals surface area (Å²) in [6.07, 6.45) is 0. The van der Waals surface area contributed by atoms with Crippen molar-refractivity contribution >= 4 is 47.7 Å². The fraction of sp³-hybridized carbons (Fsp3) is 0. The molecule has 0 aliphatic heterocycles. The molecule has 0 heterocycles. The van der Waals surface area contributed by atoms with Gasteiger partial charge in [-0.2, -0.15) is 0 Å². The monoisotopic (exact) mass is 331 g/mol. The Bertz CT molecular complexity index is 1190. The van der Waals surface area contributed by atoms with Gasteiger partial charge in [0.25, 0.3) is 0 Å². The third-order valence-corrected chi connectivity index (χ3v) is 5.53. The lowest BCUT2D eigenvalue weighted by atomic mass is 9.89. The van der Waals surface area contributed by atoms with Crippen LogP contribution in [0.3, 0.4) is 0 Å². The molecule has 0 saturated carbocycles. The van der Waals surface area contributed by atoms with Gasteiger partial charge in [-0.3, -0.25) is 0 Å². The molecule has 0 aliphatic carbocycles. The first-order chi connectivity index (χ1) is 12.3. The van der Waals surface area contributed by atoms with Gasteiger partial charge in [-0.05, 0) is 43.4 Å². The topological polar surface area (TPSA) is 0 Å². The highest BCUT2D eigenvalue weighted by Crippen LogP contribution is 2.38. The van der Waals surface area contributed by atoms with E-state index in [0.717, 1.165) is 5.19 Å². The summed E-state index contributed by atoms with van der Waals surface area (Å²) in [5.74, 6) is 0. The number of benzene rings is 5. The van der Waals surface area contributed by atoms with E-state index in [-0.39, 0.29) is 0 Å². The first-order valence-electron chi connectivity index (χ1n) is 8.48. The number of hydrogen-bond donors (Lipinski definition) is 0. The van der Waals surface area contributed by atoms with E-state index < -0.39 is 0 Å². The second-order valence-electron chi connectivity index (χ2n) is 6.37. The molecule has 0 bridgehead atoms. The predicted octanol–water partition coefficient (Wildman–Crippen LogP) is 5.61. The smallest absolute Gasteiger partial charge is 0.0616 e. The Morgan fingerprint density at radius 2 is 0.920 bits per heavy atom. The number of rotatable bonds is 1. The van der Waals surface area contributed by atoms with E-state index in [1.54, 1.807) is 0 Å². The minimum atomic E-state index is 1.16. The minimum Gasteiger partial charge on any atom is -0.0616 e. The normalized spacial score (nSPS) is 11.4.